The van der Waals surface area contributed by atoms with Gasteiger partial charge in [-0.05, 0) is 28.8 Å². The highest BCUT2D eigenvalue weighted by molar-refractivity contribution is 7.09. The monoisotopic (exact) mass is 356 g/mol. The topological polar surface area (TPSA) is 85.6 Å². The zero-order chi connectivity index (χ0) is 17.5. The maximum absolute atomic E-state index is 12.7. The van der Waals surface area contributed by atoms with Crippen LogP contribution < -0.4 is 5.32 Å². The zero-order valence-corrected chi connectivity index (χ0v) is 14.8. The molecule has 2 heterocycles. The summed E-state index contributed by atoms with van der Waals surface area (Å²) in [7, 11) is 0. The van der Waals surface area contributed by atoms with Gasteiger partial charge in [-0.1, -0.05) is 37.3 Å². The van der Waals surface area contributed by atoms with Gasteiger partial charge in [-0.15, -0.1) is 16.4 Å². The molecule has 25 heavy (non-hydrogen) atoms. The number of nitrogens with zero attached hydrogens (tertiary/aromatic N) is 5. The third kappa shape index (κ3) is 4.69. The van der Waals surface area contributed by atoms with Crippen molar-refractivity contribution in [2.45, 2.75) is 38.8 Å². The molecule has 3 aromatic rings. The number of thiazole rings is 1. The van der Waals surface area contributed by atoms with Crippen molar-refractivity contribution in [1.82, 2.24) is 30.5 Å². The number of tetrazole rings is 1. The molecule has 1 amide bonds. The number of benzene rings is 1. The summed E-state index contributed by atoms with van der Waals surface area (Å²) < 4.78 is 1.49. The van der Waals surface area contributed by atoms with Gasteiger partial charge >= 0.3 is 0 Å². The Kier molecular flexibility index (Phi) is 5.84. The summed E-state index contributed by atoms with van der Waals surface area (Å²) in [6.45, 7) is 2.54. The molecule has 0 aliphatic heterocycles. The lowest BCUT2D eigenvalue weighted by Crippen LogP contribution is -2.34. The largest absolute Gasteiger partial charge is 0.349 e. The van der Waals surface area contributed by atoms with Crippen LogP contribution in [0.4, 0.5) is 0 Å². The van der Waals surface area contributed by atoms with Crippen LogP contribution in [-0.4, -0.2) is 31.1 Å². The van der Waals surface area contributed by atoms with E-state index in [1.807, 2.05) is 35.7 Å². The number of hydrogen-bond acceptors (Lipinski definition) is 6. The van der Waals surface area contributed by atoms with E-state index in [2.05, 4.69) is 32.7 Å². The number of aryl methyl sites for hydroxylation is 1. The molecule has 7 nitrogen and oxygen atoms in total. The number of rotatable bonds is 8. The van der Waals surface area contributed by atoms with Crippen molar-refractivity contribution >= 4 is 17.2 Å². The van der Waals surface area contributed by atoms with Crippen molar-refractivity contribution in [3.05, 3.63) is 58.3 Å². The van der Waals surface area contributed by atoms with Gasteiger partial charge in [-0.2, -0.15) is 0 Å². The molecular weight excluding hydrogens is 336 g/mol. The Balaban J connectivity index is 1.66. The summed E-state index contributed by atoms with van der Waals surface area (Å²) in [5.74, 6) is -0.124. The standard InChI is InChI=1S/C17H20N6OS/c1-2-6-16-20-14(11-25-16)10-18-17(24)15(23-12-19-21-22-23)9-13-7-4-3-5-8-13/h3-5,7-8,11-12,15H,2,6,9-10H2,1H3,(H,18,24)/t15-/m0/s1. The lowest BCUT2D eigenvalue weighted by Gasteiger charge is -2.16. The molecular formula is C17H20N6OS. The van der Waals surface area contributed by atoms with E-state index in [1.54, 1.807) is 11.3 Å². The van der Waals surface area contributed by atoms with Crippen molar-refractivity contribution in [3.63, 3.8) is 0 Å². The molecule has 1 aromatic carbocycles. The maximum Gasteiger partial charge on any atom is 0.245 e. The average molecular weight is 356 g/mol. The van der Waals surface area contributed by atoms with Gasteiger partial charge in [0.05, 0.1) is 17.2 Å². The number of nitrogens with one attached hydrogen (secondary N) is 1. The first-order valence-electron chi connectivity index (χ1n) is 8.23. The highest BCUT2D eigenvalue weighted by atomic mass is 32.1. The molecule has 0 aliphatic carbocycles. The molecule has 130 valence electrons. The first kappa shape index (κ1) is 17.2. The summed E-state index contributed by atoms with van der Waals surface area (Å²) in [6, 6.07) is 9.34. The molecule has 8 heteroatoms. The third-order valence-corrected chi connectivity index (χ3v) is 4.72. The maximum atomic E-state index is 12.7. The van der Waals surface area contributed by atoms with Gasteiger partial charge in [-0.25, -0.2) is 9.67 Å². The van der Waals surface area contributed by atoms with Crippen molar-refractivity contribution in [1.29, 1.82) is 0 Å². The smallest absolute Gasteiger partial charge is 0.245 e. The van der Waals surface area contributed by atoms with E-state index in [-0.39, 0.29) is 5.91 Å². The van der Waals surface area contributed by atoms with Gasteiger partial charge in [0.25, 0.3) is 0 Å². The van der Waals surface area contributed by atoms with E-state index in [1.165, 1.54) is 11.0 Å². The highest BCUT2D eigenvalue weighted by Gasteiger charge is 2.22. The van der Waals surface area contributed by atoms with Gasteiger partial charge in [0.15, 0.2) is 0 Å². The molecule has 0 unspecified atom stereocenters. The van der Waals surface area contributed by atoms with Gasteiger partial charge < -0.3 is 5.32 Å². The Bertz CT molecular complexity index is 787. The summed E-state index contributed by atoms with van der Waals surface area (Å²) in [5, 5.41) is 17.3. The summed E-state index contributed by atoms with van der Waals surface area (Å²) in [4.78, 5) is 17.2. The molecule has 2 aromatic heterocycles. The molecule has 0 saturated heterocycles. The minimum absolute atomic E-state index is 0.124. The van der Waals surface area contributed by atoms with E-state index >= 15 is 0 Å². The number of carbonyl (C=O) groups is 1. The van der Waals surface area contributed by atoms with Gasteiger partial charge in [-0.3, -0.25) is 4.79 Å². The van der Waals surface area contributed by atoms with E-state index < -0.39 is 6.04 Å². The zero-order valence-electron chi connectivity index (χ0n) is 14.0. The van der Waals surface area contributed by atoms with Crippen molar-refractivity contribution in [2.75, 3.05) is 0 Å². The lowest BCUT2D eigenvalue weighted by atomic mass is 10.1. The Morgan fingerprint density at radius 2 is 2.16 bits per heavy atom. The van der Waals surface area contributed by atoms with Gasteiger partial charge in [0.1, 0.15) is 12.4 Å². The van der Waals surface area contributed by atoms with E-state index in [0.717, 1.165) is 29.1 Å². The van der Waals surface area contributed by atoms with Crippen molar-refractivity contribution in [3.8, 4) is 0 Å². The summed E-state index contributed by atoms with van der Waals surface area (Å²) in [5.41, 5.74) is 1.94. The van der Waals surface area contributed by atoms with E-state index in [9.17, 15) is 4.79 Å². The van der Waals surface area contributed by atoms with Crippen LogP contribution in [0.2, 0.25) is 0 Å². The summed E-state index contributed by atoms with van der Waals surface area (Å²) >= 11 is 1.63. The quantitative estimate of drug-likeness (QED) is 0.669. The first-order valence-corrected chi connectivity index (χ1v) is 9.11. The number of amides is 1. The minimum Gasteiger partial charge on any atom is -0.349 e. The molecule has 0 saturated carbocycles. The molecule has 0 spiro atoms. The minimum atomic E-state index is -0.494. The van der Waals surface area contributed by atoms with Crippen molar-refractivity contribution in [2.24, 2.45) is 0 Å². The Hall–Kier alpha value is -2.61. The van der Waals surface area contributed by atoms with Crippen LogP contribution in [0.25, 0.3) is 0 Å². The predicted molar refractivity (Wildman–Crippen MR) is 95.0 cm³/mol. The predicted octanol–water partition coefficient (Wildman–Crippen LogP) is 2.18. The highest BCUT2D eigenvalue weighted by Crippen LogP contribution is 2.15. The number of carbonyl (C=O) groups excluding carboxylic acids is 1. The normalized spacial score (nSPS) is 12.0. The fraction of sp³-hybridized carbons (Fsp3) is 0.353. The second-order valence-electron chi connectivity index (χ2n) is 5.70. The molecule has 1 atom stereocenters. The number of hydrogen-bond donors (Lipinski definition) is 1. The molecule has 3 rings (SSSR count). The van der Waals surface area contributed by atoms with E-state index in [0.29, 0.717) is 13.0 Å². The van der Waals surface area contributed by atoms with Gasteiger partial charge in [0, 0.05) is 11.8 Å². The fourth-order valence-electron chi connectivity index (χ4n) is 2.51. The Morgan fingerprint density at radius 3 is 2.88 bits per heavy atom. The molecule has 0 radical (unpaired) electrons. The van der Waals surface area contributed by atoms with Crippen LogP contribution in [0.15, 0.2) is 42.0 Å². The molecule has 0 bridgehead atoms. The average Bonchev–Trinajstić information content (AvgIpc) is 3.31. The molecule has 0 aliphatic rings. The molecule has 1 N–H and O–H groups in total. The van der Waals surface area contributed by atoms with Crippen LogP contribution in [0.5, 0.6) is 0 Å². The Morgan fingerprint density at radius 1 is 1.32 bits per heavy atom. The first-order chi connectivity index (χ1) is 12.3. The second kappa shape index (κ2) is 8.48. The summed E-state index contributed by atoms with van der Waals surface area (Å²) in [6.07, 6.45) is 4.03. The van der Waals surface area contributed by atoms with Crippen LogP contribution in [0, 0.1) is 0 Å². The van der Waals surface area contributed by atoms with Crippen LogP contribution in [0.3, 0.4) is 0 Å². The second-order valence-corrected chi connectivity index (χ2v) is 6.64. The fourth-order valence-corrected chi connectivity index (χ4v) is 3.41. The van der Waals surface area contributed by atoms with Crippen LogP contribution in [-0.2, 0) is 24.2 Å². The van der Waals surface area contributed by atoms with Crippen LogP contribution in [0.1, 0.15) is 35.7 Å². The third-order valence-electron chi connectivity index (χ3n) is 3.77. The van der Waals surface area contributed by atoms with Crippen molar-refractivity contribution < 1.29 is 4.79 Å². The molecule has 0 fully saturated rings. The lowest BCUT2D eigenvalue weighted by molar-refractivity contribution is -0.124. The SMILES string of the molecule is CCCc1nc(CNC(=O)[C@H](Cc2ccccc2)n2cnnn2)cs1. The van der Waals surface area contributed by atoms with Crippen LogP contribution >= 0.6 is 11.3 Å². The Labute approximate surface area is 150 Å². The van der Waals surface area contributed by atoms with Gasteiger partial charge in [0.2, 0.25) is 5.91 Å². The number of aromatic nitrogens is 5. The van der Waals surface area contributed by atoms with E-state index in [4.69, 9.17) is 0 Å².